The van der Waals surface area contributed by atoms with E-state index in [4.69, 9.17) is 9.41 Å². The molecular formula is C42H48F5N5OSi. The molecule has 2 aliphatic heterocycles. The number of aromatic nitrogens is 2. The summed E-state index contributed by atoms with van der Waals surface area (Å²) in [7, 11) is -3.31. The first kappa shape index (κ1) is 38.2. The highest BCUT2D eigenvalue weighted by molar-refractivity contribution is 6.99. The number of imidazole rings is 1. The predicted octanol–water partition coefficient (Wildman–Crippen LogP) is 7.78. The van der Waals surface area contributed by atoms with Crippen molar-refractivity contribution < 1.29 is 26.4 Å². The van der Waals surface area contributed by atoms with Crippen LogP contribution in [-0.2, 0) is 10.8 Å². The standard InChI is InChI=1S/C42H48F5N5OSi/c1-29-22-38-49-36-18-11-12-19-37(36)52(38)40(39-34(44)23-30(24-35(39)45)48-31-25-50(26-31)21-13-20-43)51(29)27-42(46,47)28-53-54(41(2,3)4,32-14-7-5-8-15-32)33-16-9-6-10-17-33/h5-12,14-19,23-24,29,31,40,48H,13,20-22,25-28H2,1-4H3/t29-,40+/m1/s1. The van der Waals surface area contributed by atoms with E-state index in [0.717, 1.165) is 10.4 Å². The Hall–Kier alpha value is -4.10. The van der Waals surface area contributed by atoms with E-state index in [2.05, 4.69) is 10.2 Å². The Balaban J connectivity index is 1.23. The number of benzene rings is 4. The van der Waals surface area contributed by atoms with E-state index in [9.17, 15) is 4.39 Å². The number of halogens is 5. The van der Waals surface area contributed by atoms with E-state index in [-0.39, 0.29) is 17.3 Å². The van der Waals surface area contributed by atoms with Crippen molar-refractivity contribution in [1.82, 2.24) is 19.4 Å². The zero-order valence-corrected chi connectivity index (χ0v) is 32.2. The number of anilines is 1. The number of nitrogens with zero attached hydrogens (tertiary/aromatic N) is 4. The van der Waals surface area contributed by atoms with Gasteiger partial charge in [0, 0.05) is 37.8 Å². The van der Waals surface area contributed by atoms with Gasteiger partial charge in [-0.1, -0.05) is 93.6 Å². The van der Waals surface area contributed by atoms with Gasteiger partial charge in [-0.25, -0.2) is 22.5 Å². The Kier molecular flexibility index (Phi) is 10.7. The van der Waals surface area contributed by atoms with Gasteiger partial charge in [-0.3, -0.25) is 14.2 Å². The smallest absolute Gasteiger partial charge is 0.282 e. The van der Waals surface area contributed by atoms with Crippen LogP contribution >= 0.6 is 0 Å². The number of fused-ring (bicyclic) bond motifs is 3. The van der Waals surface area contributed by atoms with E-state index in [1.165, 1.54) is 17.0 Å². The Morgan fingerprint density at radius 1 is 0.870 bits per heavy atom. The van der Waals surface area contributed by atoms with Crippen molar-refractivity contribution in [3.05, 3.63) is 120 Å². The number of hydrogen-bond acceptors (Lipinski definition) is 5. The van der Waals surface area contributed by atoms with Crippen molar-refractivity contribution in [1.29, 1.82) is 0 Å². The maximum absolute atomic E-state index is 16.8. The first-order valence-corrected chi connectivity index (χ1v) is 20.6. The normalized spacial score (nSPS) is 18.8. The van der Waals surface area contributed by atoms with Gasteiger partial charge in [0.15, 0.2) is 0 Å². The van der Waals surface area contributed by atoms with Crippen molar-refractivity contribution in [3.63, 3.8) is 0 Å². The molecule has 0 radical (unpaired) electrons. The third kappa shape index (κ3) is 7.33. The van der Waals surface area contributed by atoms with Crippen LogP contribution < -0.4 is 15.7 Å². The molecule has 2 atom stereocenters. The molecule has 0 amide bonds. The van der Waals surface area contributed by atoms with Gasteiger partial charge in [-0.05, 0) is 53.0 Å². The third-order valence-corrected chi connectivity index (χ3v) is 15.9. The molecule has 1 N–H and O–H groups in total. The lowest BCUT2D eigenvalue weighted by Gasteiger charge is -2.45. The number of nitrogens with one attached hydrogen (secondary N) is 1. The molecule has 1 fully saturated rings. The number of rotatable bonds is 13. The third-order valence-electron chi connectivity index (χ3n) is 10.9. The summed E-state index contributed by atoms with van der Waals surface area (Å²) in [6, 6.07) is 28.4. The largest absolute Gasteiger partial charge is 0.401 e. The molecule has 5 aromatic rings. The van der Waals surface area contributed by atoms with Crippen molar-refractivity contribution in [2.45, 2.75) is 69.7 Å². The summed E-state index contributed by atoms with van der Waals surface area (Å²) in [6.45, 7) is 7.70. The van der Waals surface area contributed by atoms with Crippen LogP contribution in [0.2, 0.25) is 5.04 Å². The second-order valence-electron chi connectivity index (χ2n) is 15.8. The van der Waals surface area contributed by atoms with Gasteiger partial charge in [-0.15, -0.1) is 0 Å². The second kappa shape index (κ2) is 15.2. The fourth-order valence-corrected chi connectivity index (χ4v) is 13.0. The van der Waals surface area contributed by atoms with Crippen molar-refractivity contribution in [2.24, 2.45) is 0 Å². The van der Waals surface area contributed by atoms with Crippen molar-refractivity contribution in [3.8, 4) is 0 Å². The highest BCUT2D eigenvalue weighted by Crippen LogP contribution is 2.42. The van der Waals surface area contributed by atoms with Crippen LogP contribution in [0.4, 0.5) is 27.6 Å². The maximum Gasteiger partial charge on any atom is 0.282 e. The van der Waals surface area contributed by atoms with E-state index in [1.807, 2.05) is 93.6 Å². The van der Waals surface area contributed by atoms with E-state index in [0.29, 0.717) is 49.3 Å². The van der Waals surface area contributed by atoms with Crippen LogP contribution in [0.25, 0.3) is 11.0 Å². The Bertz CT molecular complexity index is 1990. The van der Waals surface area contributed by atoms with Crippen LogP contribution in [0.5, 0.6) is 0 Å². The molecule has 0 saturated carbocycles. The first-order valence-electron chi connectivity index (χ1n) is 18.7. The first-order chi connectivity index (χ1) is 25.8. The van der Waals surface area contributed by atoms with Crippen LogP contribution in [0.15, 0.2) is 97.1 Å². The molecule has 286 valence electrons. The Morgan fingerprint density at radius 3 is 2.06 bits per heavy atom. The fourth-order valence-electron chi connectivity index (χ4n) is 8.38. The topological polar surface area (TPSA) is 45.6 Å². The molecule has 0 aliphatic carbocycles. The number of para-hydroxylation sites is 2. The molecule has 3 heterocycles. The summed E-state index contributed by atoms with van der Waals surface area (Å²) >= 11 is 0. The van der Waals surface area contributed by atoms with E-state index in [1.54, 1.807) is 23.6 Å². The van der Waals surface area contributed by atoms with Crippen LogP contribution in [0.1, 0.15) is 51.7 Å². The predicted molar refractivity (Wildman–Crippen MR) is 207 cm³/mol. The minimum absolute atomic E-state index is 0.0427. The molecule has 6 nitrogen and oxygen atoms in total. The number of alkyl halides is 3. The maximum atomic E-state index is 16.8. The molecule has 2 aliphatic rings. The summed E-state index contributed by atoms with van der Waals surface area (Å²) < 4.78 is 87.5. The van der Waals surface area contributed by atoms with Gasteiger partial charge in [0.05, 0.1) is 42.5 Å². The van der Waals surface area contributed by atoms with Gasteiger partial charge in [0.25, 0.3) is 14.2 Å². The summed E-state index contributed by atoms with van der Waals surface area (Å²) in [4.78, 5) is 8.35. The Morgan fingerprint density at radius 2 is 1.46 bits per heavy atom. The molecular weight excluding hydrogens is 714 g/mol. The minimum Gasteiger partial charge on any atom is -0.401 e. The number of hydrogen-bond donors (Lipinski definition) is 1. The summed E-state index contributed by atoms with van der Waals surface area (Å²) in [5.74, 6) is -4.53. The molecule has 0 spiro atoms. The summed E-state index contributed by atoms with van der Waals surface area (Å²) in [6.07, 6.45) is -0.500. The monoisotopic (exact) mass is 761 g/mol. The molecule has 54 heavy (non-hydrogen) atoms. The second-order valence-corrected chi connectivity index (χ2v) is 20.1. The number of likely N-dealkylation sites (tertiary alicyclic amines) is 1. The van der Waals surface area contributed by atoms with Crippen LogP contribution in [0.3, 0.4) is 0 Å². The molecule has 1 aromatic heterocycles. The molecule has 12 heteroatoms. The van der Waals surface area contributed by atoms with E-state index < -0.39 is 62.9 Å². The van der Waals surface area contributed by atoms with Gasteiger partial charge in [0.2, 0.25) is 0 Å². The molecule has 4 aromatic carbocycles. The zero-order valence-electron chi connectivity index (χ0n) is 31.2. The fraction of sp³-hybridized carbons (Fsp3) is 0.405. The lowest BCUT2D eigenvalue weighted by molar-refractivity contribution is -0.0902. The van der Waals surface area contributed by atoms with Gasteiger partial charge in [-0.2, -0.15) is 0 Å². The van der Waals surface area contributed by atoms with Crippen molar-refractivity contribution in [2.75, 3.05) is 44.8 Å². The molecule has 7 rings (SSSR count). The average Bonchev–Trinajstić information content (AvgIpc) is 3.48. The molecule has 0 bridgehead atoms. The lowest BCUT2D eigenvalue weighted by atomic mass is 10.0. The summed E-state index contributed by atoms with van der Waals surface area (Å²) in [5.41, 5.74) is 1.16. The molecule has 0 unspecified atom stereocenters. The highest BCUT2D eigenvalue weighted by atomic mass is 28.4. The lowest BCUT2D eigenvalue weighted by Crippen LogP contribution is -2.67. The quantitative estimate of drug-likeness (QED) is 0.0982. The van der Waals surface area contributed by atoms with E-state index >= 15 is 17.6 Å². The van der Waals surface area contributed by atoms with Gasteiger partial charge in [0.1, 0.15) is 23.6 Å². The van der Waals surface area contributed by atoms with Crippen LogP contribution in [-0.4, -0.2) is 85.1 Å². The zero-order chi connectivity index (χ0) is 38.3. The highest BCUT2D eigenvalue weighted by Gasteiger charge is 2.52. The Labute approximate surface area is 315 Å². The van der Waals surface area contributed by atoms with Gasteiger partial charge < -0.3 is 14.3 Å². The molecule has 1 saturated heterocycles. The average molecular weight is 762 g/mol. The minimum atomic E-state index is -3.42. The van der Waals surface area contributed by atoms with Crippen LogP contribution in [0, 0.1) is 11.6 Å². The SMILES string of the molecule is C[C@@H]1Cc2nc3ccccc3n2[C@@H](c2c(F)cc(NC3CN(CCCF)C3)cc2F)N1CC(F)(F)CO[Si](c1ccccc1)(c1ccccc1)C(C)(C)C. The van der Waals surface area contributed by atoms with Gasteiger partial charge >= 0.3 is 0 Å². The summed E-state index contributed by atoms with van der Waals surface area (Å²) in [5, 5.41) is 4.43. The van der Waals surface area contributed by atoms with Crippen molar-refractivity contribution >= 4 is 35.4 Å².